The number of hydrogen-bond acceptors (Lipinski definition) is 4. The van der Waals surface area contributed by atoms with E-state index in [1.807, 2.05) is 4.57 Å². The van der Waals surface area contributed by atoms with E-state index in [4.69, 9.17) is 11.6 Å². The highest BCUT2D eigenvalue weighted by Crippen LogP contribution is 2.40. The van der Waals surface area contributed by atoms with Crippen molar-refractivity contribution >= 4 is 23.0 Å². The van der Waals surface area contributed by atoms with Crippen molar-refractivity contribution < 1.29 is 18.1 Å². The summed E-state index contributed by atoms with van der Waals surface area (Å²) in [5, 5.41) is 13.1. The molecule has 124 valence electrons. The molecule has 0 radical (unpaired) electrons. The van der Waals surface area contributed by atoms with E-state index in [1.165, 1.54) is 0 Å². The Kier molecular flexibility index (Phi) is 5.09. The quantitative estimate of drug-likeness (QED) is 0.487. The lowest BCUT2D eigenvalue weighted by molar-refractivity contribution is -0.384. The largest absolute Gasteiger partial charge is 0.418 e. The molecular weight excluding hydrogens is 337 g/mol. The van der Waals surface area contributed by atoms with Gasteiger partial charge < -0.3 is 9.88 Å². The Labute approximate surface area is 134 Å². The van der Waals surface area contributed by atoms with Crippen molar-refractivity contribution in [2.75, 3.05) is 11.9 Å². The van der Waals surface area contributed by atoms with Crippen LogP contribution in [0.5, 0.6) is 0 Å². The highest BCUT2D eigenvalue weighted by molar-refractivity contribution is 6.31. The minimum Gasteiger partial charge on any atom is -0.379 e. The second-order valence-corrected chi connectivity index (χ2v) is 5.09. The summed E-state index contributed by atoms with van der Waals surface area (Å²) in [6.45, 7) is 0.954. The number of rotatable bonds is 6. The van der Waals surface area contributed by atoms with Crippen molar-refractivity contribution in [3.05, 3.63) is 51.6 Å². The Morgan fingerprint density at radius 2 is 2.13 bits per heavy atom. The number of anilines is 1. The van der Waals surface area contributed by atoms with Crippen LogP contribution in [0.15, 0.2) is 30.9 Å². The number of benzene rings is 1. The molecule has 23 heavy (non-hydrogen) atoms. The molecule has 0 bridgehead atoms. The molecule has 0 saturated carbocycles. The molecule has 2 rings (SSSR count). The van der Waals surface area contributed by atoms with Gasteiger partial charge in [0.15, 0.2) is 0 Å². The SMILES string of the molecule is O=[N+]([O-])c1cc(C(F)(F)F)c(Cl)cc1NCCCn1ccnc1. The van der Waals surface area contributed by atoms with Crippen LogP contribution in [-0.2, 0) is 12.7 Å². The van der Waals surface area contributed by atoms with Crippen LogP contribution in [0.2, 0.25) is 5.02 Å². The second kappa shape index (κ2) is 6.86. The van der Waals surface area contributed by atoms with Crippen LogP contribution in [0.4, 0.5) is 24.5 Å². The van der Waals surface area contributed by atoms with Crippen molar-refractivity contribution in [1.29, 1.82) is 0 Å². The molecule has 0 aliphatic rings. The molecule has 2 aromatic rings. The summed E-state index contributed by atoms with van der Waals surface area (Å²) in [4.78, 5) is 14.0. The molecule has 0 aliphatic carbocycles. The van der Waals surface area contributed by atoms with Crippen LogP contribution in [0, 0.1) is 10.1 Å². The smallest absolute Gasteiger partial charge is 0.379 e. The molecule has 1 aromatic heterocycles. The zero-order chi connectivity index (χ0) is 17.0. The first kappa shape index (κ1) is 17.1. The van der Waals surface area contributed by atoms with Crippen molar-refractivity contribution in [2.45, 2.75) is 19.1 Å². The predicted octanol–water partition coefficient (Wildman–Crippen LogP) is 3.97. The summed E-state index contributed by atoms with van der Waals surface area (Å²) in [6.07, 6.45) is 0.858. The highest BCUT2D eigenvalue weighted by atomic mass is 35.5. The molecule has 0 spiro atoms. The molecule has 0 aliphatic heterocycles. The highest BCUT2D eigenvalue weighted by Gasteiger charge is 2.36. The number of aromatic nitrogens is 2. The Morgan fingerprint density at radius 1 is 1.39 bits per heavy atom. The number of alkyl halides is 3. The average molecular weight is 349 g/mol. The number of halogens is 4. The monoisotopic (exact) mass is 348 g/mol. The lowest BCUT2D eigenvalue weighted by atomic mass is 10.1. The van der Waals surface area contributed by atoms with Crippen LogP contribution in [0.25, 0.3) is 0 Å². The molecule has 0 amide bonds. The average Bonchev–Trinajstić information content (AvgIpc) is 2.95. The lowest BCUT2D eigenvalue weighted by Crippen LogP contribution is -2.10. The van der Waals surface area contributed by atoms with Gasteiger partial charge in [-0.3, -0.25) is 10.1 Å². The first-order valence-corrected chi connectivity index (χ1v) is 6.91. The molecule has 0 saturated heterocycles. The third kappa shape index (κ3) is 4.35. The molecule has 1 N–H and O–H groups in total. The Morgan fingerprint density at radius 3 is 2.70 bits per heavy atom. The zero-order valence-corrected chi connectivity index (χ0v) is 12.4. The molecular formula is C13H12ClF3N4O2. The van der Waals surface area contributed by atoms with Crippen LogP contribution in [0.1, 0.15) is 12.0 Å². The van der Waals surface area contributed by atoms with E-state index in [2.05, 4.69) is 10.3 Å². The summed E-state index contributed by atoms with van der Waals surface area (Å²) < 4.78 is 40.1. The maximum atomic E-state index is 12.8. The van der Waals surface area contributed by atoms with Crippen molar-refractivity contribution in [3.63, 3.8) is 0 Å². The summed E-state index contributed by atoms with van der Waals surface area (Å²) in [7, 11) is 0. The molecule has 0 fully saturated rings. The van der Waals surface area contributed by atoms with Gasteiger partial charge in [0.2, 0.25) is 0 Å². The number of imidazole rings is 1. The molecule has 10 heteroatoms. The summed E-state index contributed by atoms with van der Waals surface area (Å²) >= 11 is 5.59. The number of nitro benzene ring substituents is 1. The van der Waals surface area contributed by atoms with Gasteiger partial charge in [-0.05, 0) is 12.5 Å². The van der Waals surface area contributed by atoms with E-state index >= 15 is 0 Å². The Bertz CT molecular complexity index is 689. The fourth-order valence-corrected chi connectivity index (χ4v) is 2.25. The van der Waals surface area contributed by atoms with Crippen LogP contribution < -0.4 is 5.32 Å². The lowest BCUT2D eigenvalue weighted by Gasteiger charge is -2.12. The van der Waals surface area contributed by atoms with Crippen LogP contribution in [-0.4, -0.2) is 21.0 Å². The van der Waals surface area contributed by atoms with Gasteiger partial charge in [0.25, 0.3) is 5.69 Å². The second-order valence-electron chi connectivity index (χ2n) is 4.68. The van der Waals surface area contributed by atoms with Crippen molar-refractivity contribution in [3.8, 4) is 0 Å². The van der Waals surface area contributed by atoms with E-state index in [-0.39, 0.29) is 5.69 Å². The van der Waals surface area contributed by atoms with E-state index in [9.17, 15) is 23.3 Å². The minimum atomic E-state index is -4.75. The summed E-state index contributed by atoms with van der Waals surface area (Å²) in [6, 6.07) is 1.38. The predicted molar refractivity (Wildman–Crippen MR) is 78.4 cm³/mol. The van der Waals surface area contributed by atoms with Gasteiger partial charge in [-0.15, -0.1) is 0 Å². The van der Waals surface area contributed by atoms with E-state index in [0.717, 1.165) is 6.07 Å². The molecule has 1 aromatic carbocycles. The fourth-order valence-electron chi connectivity index (χ4n) is 1.98. The summed E-state index contributed by atoms with van der Waals surface area (Å²) in [5.41, 5.74) is -1.93. The topological polar surface area (TPSA) is 73.0 Å². The maximum Gasteiger partial charge on any atom is 0.418 e. The molecule has 6 nitrogen and oxygen atoms in total. The first-order valence-electron chi connectivity index (χ1n) is 6.54. The zero-order valence-electron chi connectivity index (χ0n) is 11.7. The van der Waals surface area contributed by atoms with E-state index in [1.54, 1.807) is 18.7 Å². The van der Waals surface area contributed by atoms with E-state index in [0.29, 0.717) is 25.6 Å². The number of nitrogens with one attached hydrogen (secondary N) is 1. The number of hydrogen-bond donors (Lipinski definition) is 1. The fraction of sp³-hybridized carbons (Fsp3) is 0.308. The van der Waals surface area contributed by atoms with Gasteiger partial charge >= 0.3 is 6.18 Å². The third-order valence-corrected chi connectivity index (χ3v) is 3.37. The summed E-state index contributed by atoms with van der Waals surface area (Å²) in [5.74, 6) is 0. The molecule has 0 atom stereocenters. The number of nitro groups is 1. The third-order valence-electron chi connectivity index (χ3n) is 3.06. The van der Waals surface area contributed by atoms with Gasteiger partial charge in [0.05, 0.1) is 21.8 Å². The number of nitrogens with zero attached hydrogens (tertiary/aromatic N) is 3. The number of aryl methyl sites for hydroxylation is 1. The minimum absolute atomic E-state index is 0.0429. The van der Waals surface area contributed by atoms with Crippen molar-refractivity contribution in [1.82, 2.24) is 9.55 Å². The van der Waals surface area contributed by atoms with Gasteiger partial charge in [-0.1, -0.05) is 11.6 Å². The van der Waals surface area contributed by atoms with Gasteiger partial charge in [0, 0.05) is 31.5 Å². The standard InChI is InChI=1S/C13H12ClF3N4O2/c14-10-7-11(19-2-1-4-20-5-3-18-8-20)12(21(22)23)6-9(10)13(15,16)17/h3,5-8,19H,1-2,4H2. The van der Waals surface area contributed by atoms with Gasteiger partial charge in [0.1, 0.15) is 5.69 Å². The van der Waals surface area contributed by atoms with Gasteiger partial charge in [-0.2, -0.15) is 13.2 Å². The normalized spacial score (nSPS) is 11.5. The first-order chi connectivity index (χ1) is 10.8. The molecule has 1 heterocycles. The Hall–Kier alpha value is -2.29. The van der Waals surface area contributed by atoms with Gasteiger partial charge in [-0.25, -0.2) is 4.98 Å². The Balaban J connectivity index is 2.11. The van der Waals surface area contributed by atoms with Crippen molar-refractivity contribution in [2.24, 2.45) is 0 Å². The maximum absolute atomic E-state index is 12.8. The van der Waals surface area contributed by atoms with E-state index < -0.39 is 27.4 Å². The van der Waals surface area contributed by atoms with Crippen LogP contribution in [0.3, 0.4) is 0 Å². The molecule has 0 unspecified atom stereocenters. The van der Waals surface area contributed by atoms with Crippen LogP contribution >= 0.6 is 11.6 Å².